The summed E-state index contributed by atoms with van der Waals surface area (Å²) in [5.74, 6) is 2.46. The minimum absolute atomic E-state index is 0.0290. The van der Waals surface area contributed by atoms with Gasteiger partial charge in [-0.15, -0.1) is 6.42 Å². The van der Waals surface area contributed by atoms with Gasteiger partial charge < -0.3 is 10.6 Å². The molecule has 0 aliphatic carbocycles. The van der Waals surface area contributed by atoms with E-state index in [0.29, 0.717) is 24.7 Å². The Kier molecular flexibility index (Phi) is 4.26. The van der Waals surface area contributed by atoms with Crippen LogP contribution in [-0.4, -0.2) is 48.6 Å². The van der Waals surface area contributed by atoms with Gasteiger partial charge in [-0.2, -0.15) is 0 Å². The first-order chi connectivity index (χ1) is 8.61. The highest BCUT2D eigenvalue weighted by atomic mass is 16.2. The second kappa shape index (κ2) is 5.73. The van der Waals surface area contributed by atoms with Crippen molar-refractivity contribution in [1.29, 1.82) is 0 Å². The van der Waals surface area contributed by atoms with Crippen LogP contribution in [0.15, 0.2) is 0 Å². The molecule has 2 heterocycles. The lowest BCUT2D eigenvalue weighted by Crippen LogP contribution is -2.53. The van der Waals surface area contributed by atoms with Crippen molar-refractivity contribution in [1.82, 2.24) is 15.5 Å². The molecule has 100 valence electrons. The van der Waals surface area contributed by atoms with Gasteiger partial charge in [0.25, 0.3) is 0 Å². The van der Waals surface area contributed by atoms with Crippen LogP contribution in [0.25, 0.3) is 0 Å². The molecule has 0 aromatic rings. The normalized spacial score (nSPS) is 32.0. The topological polar surface area (TPSA) is 44.4 Å². The first kappa shape index (κ1) is 13.4. The van der Waals surface area contributed by atoms with Gasteiger partial charge in [-0.1, -0.05) is 5.92 Å². The van der Waals surface area contributed by atoms with E-state index in [2.05, 4.69) is 28.5 Å². The predicted octanol–water partition coefficient (Wildman–Crippen LogP) is 0.339. The Labute approximate surface area is 109 Å². The minimum Gasteiger partial charge on any atom is -0.344 e. The quantitative estimate of drug-likeness (QED) is 0.706. The molecule has 2 rings (SSSR count). The zero-order valence-corrected chi connectivity index (χ0v) is 11.3. The van der Waals surface area contributed by atoms with Crippen molar-refractivity contribution in [2.24, 2.45) is 0 Å². The third-order valence-electron chi connectivity index (χ3n) is 4.38. The molecule has 0 aromatic carbocycles. The van der Waals surface area contributed by atoms with Crippen molar-refractivity contribution in [3.05, 3.63) is 0 Å². The van der Waals surface area contributed by atoms with Crippen molar-refractivity contribution < 1.29 is 4.79 Å². The molecule has 0 saturated carbocycles. The van der Waals surface area contributed by atoms with Crippen LogP contribution in [0, 0.1) is 12.3 Å². The summed E-state index contributed by atoms with van der Waals surface area (Å²) >= 11 is 0. The molecule has 3 unspecified atom stereocenters. The fourth-order valence-corrected chi connectivity index (χ4v) is 3.15. The van der Waals surface area contributed by atoms with Crippen LogP contribution in [0.1, 0.15) is 32.6 Å². The van der Waals surface area contributed by atoms with Gasteiger partial charge in [0.05, 0.1) is 12.6 Å². The summed E-state index contributed by atoms with van der Waals surface area (Å²) in [5.41, 5.74) is 0. The van der Waals surface area contributed by atoms with Crippen LogP contribution in [0.5, 0.6) is 0 Å². The van der Waals surface area contributed by atoms with E-state index < -0.39 is 0 Å². The molecule has 2 N–H and O–H groups in total. The lowest BCUT2D eigenvalue weighted by atomic mass is 9.97. The molecule has 2 saturated heterocycles. The molecule has 2 bridgehead atoms. The van der Waals surface area contributed by atoms with E-state index in [-0.39, 0.29) is 11.9 Å². The van der Waals surface area contributed by atoms with E-state index in [4.69, 9.17) is 6.42 Å². The predicted molar refractivity (Wildman–Crippen MR) is 72.0 cm³/mol. The lowest BCUT2D eigenvalue weighted by Gasteiger charge is -2.38. The molecular weight excluding hydrogens is 226 g/mol. The molecule has 2 fully saturated rings. The molecule has 4 heteroatoms. The molecule has 18 heavy (non-hydrogen) atoms. The number of hydrogen-bond donors (Lipinski definition) is 2. The Morgan fingerprint density at radius 2 is 2.11 bits per heavy atom. The van der Waals surface area contributed by atoms with Gasteiger partial charge in [-0.3, -0.25) is 9.69 Å². The monoisotopic (exact) mass is 249 g/mol. The number of nitrogens with one attached hydrogen (secondary N) is 2. The summed E-state index contributed by atoms with van der Waals surface area (Å²) in [6.45, 7) is 2.27. The number of terminal acetylenes is 1. The zero-order valence-electron chi connectivity index (χ0n) is 11.3. The van der Waals surface area contributed by atoms with Gasteiger partial charge in [0.2, 0.25) is 5.91 Å². The van der Waals surface area contributed by atoms with Gasteiger partial charge in [0, 0.05) is 18.1 Å². The van der Waals surface area contributed by atoms with Crippen molar-refractivity contribution in [2.75, 3.05) is 13.6 Å². The number of rotatable bonds is 4. The Hall–Kier alpha value is -1.05. The van der Waals surface area contributed by atoms with Crippen molar-refractivity contribution in [2.45, 2.75) is 56.8 Å². The highest BCUT2D eigenvalue weighted by molar-refractivity contribution is 5.81. The van der Waals surface area contributed by atoms with Gasteiger partial charge in [-0.25, -0.2) is 0 Å². The lowest BCUT2D eigenvalue weighted by molar-refractivity contribution is -0.126. The fourth-order valence-electron chi connectivity index (χ4n) is 3.15. The average molecular weight is 249 g/mol. The molecule has 0 aromatic heterocycles. The third-order valence-corrected chi connectivity index (χ3v) is 4.38. The SMILES string of the molecule is C#CCNC(=O)C(C)N(C)C1CC2CCC(C1)N2. The molecule has 0 spiro atoms. The van der Waals surface area contributed by atoms with Gasteiger partial charge in [0.15, 0.2) is 0 Å². The van der Waals surface area contributed by atoms with Gasteiger partial charge in [0.1, 0.15) is 0 Å². The number of likely N-dealkylation sites (N-methyl/N-ethyl adjacent to an activating group) is 1. The average Bonchev–Trinajstić information content (AvgIpc) is 2.72. The van der Waals surface area contributed by atoms with E-state index in [1.165, 1.54) is 12.8 Å². The maximum atomic E-state index is 11.9. The van der Waals surface area contributed by atoms with Crippen LogP contribution >= 0.6 is 0 Å². The number of fused-ring (bicyclic) bond motifs is 2. The van der Waals surface area contributed by atoms with Crippen LogP contribution in [0.3, 0.4) is 0 Å². The van der Waals surface area contributed by atoms with E-state index in [9.17, 15) is 4.79 Å². The first-order valence-corrected chi connectivity index (χ1v) is 6.81. The number of carbonyl (C=O) groups excluding carboxylic acids is 1. The van der Waals surface area contributed by atoms with E-state index in [1.54, 1.807) is 0 Å². The largest absolute Gasteiger partial charge is 0.344 e. The molecule has 2 aliphatic rings. The number of nitrogens with zero attached hydrogens (tertiary/aromatic N) is 1. The zero-order chi connectivity index (χ0) is 13.1. The smallest absolute Gasteiger partial charge is 0.237 e. The summed E-state index contributed by atoms with van der Waals surface area (Å²) in [6, 6.07) is 1.70. The Bertz CT molecular complexity index is 337. The summed E-state index contributed by atoms with van der Waals surface area (Å²) in [4.78, 5) is 14.1. The summed E-state index contributed by atoms with van der Waals surface area (Å²) in [5, 5.41) is 6.38. The number of hydrogen-bond acceptors (Lipinski definition) is 3. The molecule has 1 amide bonds. The van der Waals surface area contributed by atoms with Crippen LogP contribution < -0.4 is 10.6 Å². The Balaban J connectivity index is 1.88. The Morgan fingerprint density at radius 1 is 1.50 bits per heavy atom. The summed E-state index contributed by atoms with van der Waals surface area (Å²) in [6.07, 6.45) is 10.0. The van der Waals surface area contributed by atoms with E-state index in [0.717, 1.165) is 12.8 Å². The minimum atomic E-state index is -0.110. The molecule has 4 nitrogen and oxygen atoms in total. The highest BCUT2D eigenvalue weighted by Crippen LogP contribution is 2.29. The number of amides is 1. The Morgan fingerprint density at radius 3 is 2.67 bits per heavy atom. The highest BCUT2D eigenvalue weighted by Gasteiger charge is 2.37. The standard InChI is InChI=1S/C14H23N3O/c1-4-7-15-14(18)10(2)17(3)13-8-11-5-6-12(9-13)16-11/h1,10-13,16H,5-9H2,2-3H3,(H,15,18). The van der Waals surface area contributed by atoms with E-state index >= 15 is 0 Å². The van der Waals surface area contributed by atoms with Gasteiger partial charge in [-0.05, 0) is 39.7 Å². The number of piperidine rings is 1. The van der Waals surface area contributed by atoms with Crippen LogP contribution in [0.2, 0.25) is 0 Å². The van der Waals surface area contributed by atoms with Crippen LogP contribution in [0.4, 0.5) is 0 Å². The fraction of sp³-hybridized carbons (Fsp3) is 0.786. The van der Waals surface area contributed by atoms with Crippen molar-refractivity contribution >= 4 is 5.91 Å². The van der Waals surface area contributed by atoms with Crippen LogP contribution in [-0.2, 0) is 4.79 Å². The molecule has 2 aliphatic heterocycles. The molecular formula is C14H23N3O. The maximum Gasteiger partial charge on any atom is 0.237 e. The van der Waals surface area contributed by atoms with E-state index in [1.807, 2.05) is 6.92 Å². The van der Waals surface area contributed by atoms with Crippen molar-refractivity contribution in [3.8, 4) is 12.3 Å². The second-order valence-corrected chi connectivity index (χ2v) is 5.53. The number of carbonyl (C=O) groups is 1. The second-order valence-electron chi connectivity index (χ2n) is 5.53. The summed E-state index contributed by atoms with van der Waals surface area (Å²) < 4.78 is 0. The molecule has 3 atom stereocenters. The maximum absolute atomic E-state index is 11.9. The van der Waals surface area contributed by atoms with Crippen molar-refractivity contribution in [3.63, 3.8) is 0 Å². The molecule has 0 radical (unpaired) electrons. The van der Waals surface area contributed by atoms with Gasteiger partial charge >= 0.3 is 0 Å². The summed E-state index contributed by atoms with van der Waals surface area (Å²) in [7, 11) is 2.05. The first-order valence-electron chi connectivity index (χ1n) is 6.81. The third kappa shape index (κ3) is 2.85.